The second-order valence-electron chi connectivity index (χ2n) is 5.85. The summed E-state index contributed by atoms with van der Waals surface area (Å²) in [5.74, 6) is 0.791. The van der Waals surface area contributed by atoms with Crippen LogP contribution < -0.4 is 0 Å². The molecule has 3 rings (SSSR count). The summed E-state index contributed by atoms with van der Waals surface area (Å²) in [6.07, 6.45) is 4.18. The number of carbonyl (C=O) groups excluding carboxylic acids is 1. The lowest BCUT2D eigenvalue weighted by Gasteiger charge is -2.42. The van der Waals surface area contributed by atoms with E-state index in [1.54, 1.807) is 11.8 Å². The van der Waals surface area contributed by atoms with Crippen LogP contribution in [-0.4, -0.2) is 47.1 Å². The van der Waals surface area contributed by atoms with E-state index in [2.05, 4.69) is 18.2 Å². The van der Waals surface area contributed by atoms with Crippen molar-refractivity contribution in [2.45, 2.75) is 30.8 Å². The number of nitrogens with zero attached hydrogens (tertiary/aromatic N) is 1. The van der Waals surface area contributed by atoms with Gasteiger partial charge in [-0.15, -0.1) is 0 Å². The SMILES string of the molecule is CSCC(=O)N1CCC2(CC1)c1ccccc1C[C@@H]2O. The van der Waals surface area contributed by atoms with Gasteiger partial charge in [0.25, 0.3) is 0 Å². The number of fused-ring (bicyclic) bond motifs is 2. The van der Waals surface area contributed by atoms with Crippen LogP contribution in [0.15, 0.2) is 24.3 Å². The number of amides is 1. The van der Waals surface area contributed by atoms with Crippen LogP contribution in [0.2, 0.25) is 0 Å². The summed E-state index contributed by atoms with van der Waals surface area (Å²) in [4.78, 5) is 13.9. The van der Waals surface area contributed by atoms with E-state index >= 15 is 0 Å². The molecule has 20 heavy (non-hydrogen) atoms. The third-order valence-electron chi connectivity index (χ3n) is 4.88. The van der Waals surface area contributed by atoms with Crippen molar-refractivity contribution in [1.29, 1.82) is 0 Å². The van der Waals surface area contributed by atoms with Crippen LogP contribution in [0.3, 0.4) is 0 Å². The Balaban J connectivity index is 1.78. The van der Waals surface area contributed by atoms with E-state index in [0.717, 1.165) is 32.4 Å². The van der Waals surface area contributed by atoms with Gasteiger partial charge < -0.3 is 10.0 Å². The molecular formula is C16H21NO2S. The summed E-state index contributed by atoms with van der Waals surface area (Å²) in [5, 5.41) is 10.5. The highest BCUT2D eigenvalue weighted by Crippen LogP contribution is 2.46. The summed E-state index contributed by atoms with van der Waals surface area (Å²) in [6.45, 7) is 1.54. The van der Waals surface area contributed by atoms with Crippen LogP contribution in [0.25, 0.3) is 0 Å². The molecule has 1 N–H and O–H groups in total. The second-order valence-corrected chi connectivity index (χ2v) is 6.71. The molecule has 1 aromatic rings. The number of benzene rings is 1. The fourth-order valence-electron chi connectivity index (χ4n) is 3.74. The van der Waals surface area contributed by atoms with E-state index in [9.17, 15) is 9.90 Å². The molecule has 0 saturated carbocycles. The number of likely N-dealkylation sites (tertiary alicyclic amines) is 1. The number of aliphatic hydroxyl groups excluding tert-OH is 1. The predicted molar refractivity (Wildman–Crippen MR) is 82.0 cm³/mol. The Hall–Kier alpha value is -1.00. The Morgan fingerprint density at radius 1 is 1.40 bits per heavy atom. The molecule has 108 valence electrons. The van der Waals surface area contributed by atoms with Crippen molar-refractivity contribution >= 4 is 17.7 Å². The molecule has 0 unspecified atom stereocenters. The first kappa shape index (κ1) is 14.0. The highest BCUT2D eigenvalue weighted by atomic mass is 32.2. The maximum atomic E-state index is 12.0. The number of piperidine rings is 1. The third kappa shape index (κ3) is 2.15. The Morgan fingerprint density at radius 3 is 2.80 bits per heavy atom. The van der Waals surface area contributed by atoms with Gasteiger partial charge in [-0.2, -0.15) is 11.8 Å². The highest BCUT2D eigenvalue weighted by Gasteiger charge is 2.47. The molecule has 1 heterocycles. The third-order valence-corrected chi connectivity index (χ3v) is 5.42. The summed E-state index contributed by atoms with van der Waals surface area (Å²) in [5.41, 5.74) is 2.47. The summed E-state index contributed by atoms with van der Waals surface area (Å²) in [7, 11) is 0. The maximum Gasteiger partial charge on any atom is 0.232 e. The molecule has 0 aromatic heterocycles. The zero-order chi connectivity index (χ0) is 14.2. The first-order valence-corrected chi connectivity index (χ1v) is 8.60. The lowest BCUT2D eigenvalue weighted by molar-refractivity contribution is -0.130. The Morgan fingerprint density at radius 2 is 2.10 bits per heavy atom. The Labute approximate surface area is 124 Å². The zero-order valence-electron chi connectivity index (χ0n) is 11.8. The largest absolute Gasteiger partial charge is 0.392 e. The molecule has 1 atom stereocenters. The molecule has 1 saturated heterocycles. The van der Waals surface area contributed by atoms with Crippen molar-refractivity contribution < 1.29 is 9.90 Å². The fourth-order valence-corrected chi connectivity index (χ4v) is 4.17. The minimum Gasteiger partial charge on any atom is -0.392 e. The molecule has 1 spiro atoms. The van der Waals surface area contributed by atoms with Gasteiger partial charge in [0.2, 0.25) is 5.91 Å². The predicted octanol–water partition coefficient (Wildman–Crippen LogP) is 1.83. The average Bonchev–Trinajstić information content (AvgIpc) is 2.73. The Kier molecular flexibility index (Phi) is 3.78. The van der Waals surface area contributed by atoms with Crippen LogP contribution in [-0.2, 0) is 16.6 Å². The molecule has 0 bridgehead atoms. The summed E-state index contributed by atoms with van der Waals surface area (Å²) >= 11 is 1.58. The lowest BCUT2D eigenvalue weighted by Crippen LogP contribution is -2.49. The molecule has 1 amide bonds. The van der Waals surface area contributed by atoms with Crippen molar-refractivity contribution in [3.63, 3.8) is 0 Å². The maximum absolute atomic E-state index is 12.0. The quantitative estimate of drug-likeness (QED) is 0.904. The molecule has 4 heteroatoms. The van der Waals surface area contributed by atoms with Gasteiger partial charge >= 0.3 is 0 Å². The highest BCUT2D eigenvalue weighted by molar-refractivity contribution is 7.99. The molecule has 2 aliphatic rings. The topological polar surface area (TPSA) is 40.5 Å². The first-order valence-electron chi connectivity index (χ1n) is 7.20. The van der Waals surface area contributed by atoms with Crippen LogP contribution in [0, 0.1) is 0 Å². The molecule has 3 nitrogen and oxygen atoms in total. The first-order chi connectivity index (χ1) is 9.67. The van der Waals surface area contributed by atoms with Crippen molar-refractivity contribution in [1.82, 2.24) is 4.90 Å². The van der Waals surface area contributed by atoms with Gasteiger partial charge in [-0.3, -0.25) is 4.79 Å². The zero-order valence-corrected chi connectivity index (χ0v) is 12.7. The van der Waals surface area contributed by atoms with E-state index in [-0.39, 0.29) is 17.4 Å². The average molecular weight is 291 g/mol. The summed E-state index contributed by atoms with van der Waals surface area (Å²) < 4.78 is 0. The van der Waals surface area contributed by atoms with E-state index in [1.165, 1.54) is 11.1 Å². The van der Waals surface area contributed by atoms with E-state index in [1.807, 2.05) is 17.2 Å². The van der Waals surface area contributed by atoms with Crippen LogP contribution >= 0.6 is 11.8 Å². The van der Waals surface area contributed by atoms with Crippen LogP contribution in [0.1, 0.15) is 24.0 Å². The van der Waals surface area contributed by atoms with E-state index in [4.69, 9.17) is 0 Å². The van der Waals surface area contributed by atoms with Crippen molar-refractivity contribution in [2.24, 2.45) is 0 Å². The van der Waals surface area contributed by atoms with E-state index in [0.29, 0.717) is 5.75 Å². The molecule has 1 aliphatic heterocycles. The molecule has 1 aromatic carbocycles. The molecule has 1 fully saturated rings. The van der Waals surface area contributed by atoms with Crippen molar-refractivity contribution in [3.05, 3.63) is 35.4 Å². The van der Waals surface area contributed by atoms with Crippen LogP contribution in [0.5, 0.6) is 0 Å². The number of aliphatic hydroxyl groups is 1. The van der Waals surface area contributed by atoms with Gasteiger partial charge in [-0.1, -0.05) is 24.3 Å². The van der Waals surface area contributed by atoms with Crippen LogP contribution in [0.4, 0.5) is 0 Å². The fraction of sp³-hybridized carbons (Fsp3) is 0.562. The minimum absolute atomic E-state index is 0.118. The van der Waals surface area contributed by atoms with Gasteiger partial charge in [0.05, 0.1) is 11.9 Å². The molecule has 0 radical (unpaired) electrons. The van der Waals surface area contributed by atoms with Crippen molar-refractivity contribution in [3.8, 4) is 0 Å². The number of thioether (sulfide) groups is 1. The molecular weight excluding hydrogens is 270 g/mol. The molecule has 1 aliphatic carbocycles. The smallest absolute Gasteiger partial charge is 0.232 e. The number of carbonyl (C=O) groups is 1. The van der Waals surface area contributed by atoms with Gasteiger partial charge in [-0.05, 0) is 36.6 Å². The normalized spacial score (nSPS) is 23.9. The lowest BCUT2D eigenvalue weighted by atomic mass is 9.72. The standard InChI is InChI=1S/C16H21NO2S/c1-20-11-15(19)17-8-6-16(7-9-17)13-5-3-2-4-12(13)10-14(16)18/h2-5,14,18H,6-11H2,1H3/t14-/m0/s1. The van der Waals surface area contributed by atoms with Gasteiger partial charge in [-0.25, -0.2) is 0 Å². The van der Waals surface area contributed by atoms with Gasteiger partial charge in [0, 0.05) is 18.5 Å². The number of hydrogen-bond acceptors (Lipinski definition) is 3. The Bertz CT molecular complexity index is 509. The van der Waals surface area contributed by atoms with Gasteiger partial charge in [0.15, 0.2) is 0 Å². The second kappa shape index (κ2) is 5.41. The number of hydrogen-bond donors (Lipinski definition) is 1. The van der Waals surface area contributed by atoms with Gasteiger partial charge in [0.1, 0.15) is 0 Å². The monoisotopic (exact) mass is 291 g/mol. The van der Waals surface area contributed by atoms with Crippen molar-refractivity contribution in [2.75, 3.05) is 25.1 Å². The number of rotatable bonds is 2. The minimum atomic E-state index is -0.294. The summed E-state index contributed by atoms with van der Waals surface area (Å²) in [6, 6.07) is 8.38. The van der Waals surface area contributed by atoms with E-state index < -0.39 is 0 Å².